The molecule has 0 amide bonds. The maximum absolute atomic E-state index is 15.4. The first-order chi connectivity index (χ1) is 17.9. The van der Waals surface area contributed by atoms with Crippen LogP contribution in [0.25, 0.3) is 11.0 Å². The summed E-state index contributed by atoms with van der Waals surface area (Å²) in [6.45, 7) is 11.6. The molecule has 0 atom stereocenters. The average Bonchev–Trinajstić information content (AvgIpc) is 3.30. The Morgan fingerprint density at radius 3 is 2.42 bits per heavy atom. The van der Waals surface area contributed by atoms with Gasteiger partial charge in [-0.15, -0.1) is 0 Å². The molecule has 0 aliphatic carbocycles. The van der Waals surface area contributed by atoms with Crippen molar-refractivity contribution in [2.24, 2.45) is 0 Å². The van der Waals surface area contributed by atoms with Crippen LogP contribution in [0.5, 0.6) is 11.5 Å². The molecule has 1 aromatic heterocycles. The Hall–Kier alpha value is -3.95. The molecule has 2 heterocycles. The molecule has 2 aromatic carbocycles. The number of amidine groups is 1. The minimum absolute atomic E-state index is 0.0339. The van der Waals surface area contributed by atoms with Gasteiger partial charge in [-0.3, -0.25) is 15.0 Å². The van der Waals surface area contributed by atoms with Gasteiger partial charge in [-0.2, -0.15) is 0 Å². The van der Waals surface area contributed by atoms with E-state index in [1.165, 1.54) is 4.90 Å². The summed E-state index contributed by atoms with van der Waals surface area (Å²) in [5, 5.41) is 18.0. The summed E-state index contributed by atoms with van der Waals surface area (Å²) < 4.78 is 28.0. The van der Waals surface area contributed by atoms with Gasteiger partial charge in [0.2, 0.25) is 0 Å². The van der Waals surface area contributed by atoms with Gasteiger partial charge >= 0.3 is 5.97 Å². The Morgan fingerprint density at radius 1 is 1.13 bits per heavy atom. The van der Waals surface area contributed by atoms with Crippen LogP contribution < -0.4 is 9.47 Å². The van der Waals surface area contributed by atoms with Crippen molar-refractivity contribution in [2.75, 3.05) is 19.8 Å². The number of carboxylic acids is 1. The molecule has 0 unspecified atom stereocenters. The first-order valence-corrected chi connectivity index (χ1v) is 12.6. The molecule has 0 fully saturated rings. The number of rotatable bonds is 9. The number of halogens is 1. The van der Waals surface area contributed by atoms with Crippen molar-refractivity contribution in [1.29, 1.82) is 5.41 Å². The van der Waals surface area contributed by atoms with Crippen molar-refractivity contribution >= 4 is 28.6 Å². The SMILES string of the molecule is CCOc1cc2c(c(F)c1OCC)C(=N)N(CC(=O)c1cc(C(C)(C)C)c3nc(C)n(CC(=O)O)c3c1)C2. The van der Waals surface area contributed by atoms with E-state index in [0.29, 0.717) is 34.6 Å². The fraction of sp³-hybridized carbons (Fsp3) is 0.429. The van der Waals surface area contributed by atoms with E-state index in [4.69, 9.17) is 14.9 Å². The average molecular weight is 525 g/mol. The topological polar surface area (TPSA) is 118 Å². The Bertz CT molecular complexity index is 1450. The molecule has 4 rings (SSSR count). The van der Waals surface area contributed by atoms with Crippen LogP contribution in [0.2, 0.25) is 0 Å². The van der Waals surface area contributed by atoms with E-state index < -0.39 is 11.8 Å². The number of hydrogen-bond donors (Lipinski definition) is 2. The lowest BCUT2D eigenvalue weighted by atomic mass is 9.84. The molecule has 0 spiro atoms. The number of nitrogens with one attached hydrogen (secondary N) is 1. The Kier molecular flexibility index (Phi) is 7.18. The van der Waals surface area contributed by atoms with Crippen LogP contribution in [-0.4, -0.2) is 56.9 Å². The fourth-order valence-electron chi connectivity index (χ4n) is 4.83. The van der Waals surface area contributed by atoms with E-state index >= 15 is 4.39 Å². The van der Waals surface area contributed by atoms with Gasteiger partial charge in [0, 0.05) is 12.1 Å². The molecule has 3 aromatic rings. The van der Waals surface area contributed by atoms with E-state index in [1.807, 2.05) is 20.8 Å². The fourth-order valence-corrected chi connectivity index (χ4v) is 4.83. The predicted octanol–water partition coefficient (Wildman–Crippen LogP) is 4.69. The van der Waals surface area contributed by atoms with Crippen molar-refractivity contribution in [3.63, 3.8) is 0 Å². The highest BCUT2D eigenvalue weighted by Crippen LogP contribution is 2.39. The monoisotopic (exact) mass is 524 g/mol. The molecule has 38 heavy (non-hydrogen) atoms. The molecule has 1 aliphatic heterocycles. The Labute approximate surface area is 220 Å². The summed E-state index contributed by atoms with van der Waals surface area (Å²) in [4.78, 5) is 31.2. The number of aliphatic carboxylic acids is 1. The number of ether oxygens (including phenoxy) is 2. The number of Topliss-reactive ketones (excluding diaryl/α,β-unsaturated/α-hetero) is 1. The highest BCUT2D eigenvalue weighted by molar-refractivity contribution is 6.07. The number of ketones is 1. The molecular weight excluding hydrogens is 491 g/mol. The molecule has 2 N–H and O–H groups in total. The van der Waals surface area contributed by atoms with Gasteiger partial charge in [0.05, 0.1) is 36.4 Å². The summed E-state index contributed by atoms with van der Waals surface area (Å²) in [6, 6.07) is 5.11. The highest BCUT2D eigenvalue weighted by Gasteiger charge is 2.33. The molecular formula is C28H33FN4O5. The summed E-state index contributed by atoms with van der Waals surface area (Å²) in [7, 11) is 0. The number of carbonyl (C=O) groups excluding carboxylic acids is 1. The molecule has 9 nitrogen and oxygen atoms in total. The first-order valence-electron chi connectivity index (χ1n) is 12.6. The second-order valence-corrected chi connectivity index (χ2v) is 10.3. The minimum Gasteiger partial charge on any atom is -0.490 e. The third kappa shape index (κ3) is 4.82. The van der Waals surface area contributed by atoms with Crippen LogP contribution in [0.15, 0.2) is 18.2 Å². The lowest BCUT2D eigenvalue weighted by Crippen LogP contribution is -2.30. The minimum atomic E-state index is -1.01. The van der Waals surface area contributed by atoms with Crippen LogP contribution in [0, 0.1) is 18.2 Å². The van der Waals surface area contributed by atoms with Crippen LogP contribution >= 0.6 is 0 Å². The first kappa shape index (κ1) is 27.1. The molecule has 0 saturated carbocycles. The summed E-state index contributed by atoms with van der Waals surface area (Å²) in [5.41, 5.74) is 2.70. The Balaban J connectivity index is 1.71. The number of carboxylic acid groups (broad SMARTS) is 1. The van der Waals surface area contributed by atoms with E-state index in [9.17, 15) is 14.7 Å². The maximum atomic E-state index is 15.4. The zero-order valence-electron chi connectivity index (χ0n) is 22.6. The zero-order chi connectivity index (χ0) is 27.9. The smallest absolute Gasteiger partial charge is 0.323 e. The number of aryl methyl sites for hydroxylation is 1. The number of carbonyl (C=O) groups is 2. The van der Waals surface area contributed by atoms with Crippen molar-refractivity contribution in [3.05, 3.63) is 52.1 Å². The molecule has 0 saturated heterocycles. The lowest BCUT2D eigenvalue weighted by Gasteiger charge is -2.22. The lowest BCUT2D eigenvalue weighted by molar-refractivity contribution is -0.137. The van der Waals surface area contributed by atoms with Gasteiger partial charge in [-0.1, -0.05) is 20.8 Å². The zero-order valence-corrected chi connectivity index (χ0v) is 22.6. The molecule has 0 bridgehead atoms. The van der Waals surface area contributed by atoms with Crippen molar-refractivity contribution in [3.8, 4) is 11.5 Å². The number of hydrogen-bond acceptors (Lipinski definition) is 6. The number of benzene rings is 2. The van der Waals surface area contributed by atoms with Crippen molar-refractivity contribution < 1.29 is 28.6 Å². The van der Waals surface area contributed by atoms with E-state index in [-0.39, 0.29) is 60.3 Å². The normalized spacial score (nSPS) is 13.2. The van der Waals surface area contributed by atoms with Crippen LogP contribution in [-0.2, 0) is 23.3 Å². The number of aromatic nitrogens is 2. The van der Waals surface area contributed by atoms with Crippen molar-refractivity contribution in [1.82, 2.24) is 14.5 Å². The van der Waals surface area contributed by atoms with Gasteiger partial charge in [0.15, 0.2) is 23.1 Å². The van der Waals surface area contributed by atoms with Gasteiger partial charge in [-0.05, 0) is 55.5 Å². The van der Waals surface area contributed by atoms with Crippen LogP contribution in [0.1, 0.15) is 67.5 Å². The Morgan fingerprint density at radius 2 is 1.82 bits per heavy atom. The van der Waals surface area contributed by atoms with Crippen molar-refractivity contribution in [2.45, 2.75) is 60.0 Å². The molecule has 202 valence electrons. The number of imidazole rings is 1. The third-order valence-electron chi connectivity index (χ3n) is 6.57. The molecule has 0 radical (unpaired) electrons. The van der Waals surface area contributed by atoms with Crippen LogP contribution in [0.3, 0.4) is 0 Å². The maximum Gasteiger partial charge on any atom is 0.323 e. The second-order valence-electron chi connectivity index (χ2n) is 10.3. The van der Waals surface area contributed by atoms with Crippen LogP contribution in [0.4, 0.5) is 4.39 Å². The summed E-state index contributed by atoms with van der Waals surface area (Å²) in [6.07, 6.45) is 0. The predicted molar refractivity (Wildman–Crippen MR) is 141 cm³/mol. The van der Waals surface area contributed by atoms with Gasteiger partial charge < -0.3 is 24.0 Å². The second kappa shape index (κ2) is 10.1. The number of fused-ring (bicyclic) bond motifs is 2. The van der Waals surface area contributed by atoms with E-state index in [2.05, 4.69) is 4.98 Å². The van der Waals surface area contributed by atoms with Gasteiger partial charge in [0.1, 0.15) is 18.2 Å². The third-order valence-corrected chi connectivity index (χ3v) is 6.57. The summed E-state index contributed by atoms with van der Waals surface area (Å²) >= 11 is 0. The van der Waals surface area contributed by atoms with E-state index in [1.54, 1.807) is 43.5 Å². The standard InChI is InChI=1S/C28H33FN4O5/c1-7-37-21-11-17-12-32(27(30)23(17)24(29)26(21)38-8-2)13-20(34)16-9-18(28(4,5)6)25-19(10-16)33(14-22(35)36)15(3)31-25/h9-11,30H,7-8,12-14H2,1-6H3,(H,35,36). The van der Waals surface area contributed by atoms with Gasteiger partial charge in [0.25, 0.3) is 0 Å². The highest BCUT2D eigenvalue weighted by atomic mass is 19.1. The molecule has 10 heteroatoms. The quantitative estimate of drug-likeness (QED) is 0.390. The van der Waals surface area contributed by atoms with E-state index in [0.717, 1.165) is 5.56 Å². The summed E-state index contributed by atoms with van der Waals surface area (Å²) in [5.74, 6) is -1.27. The number of nitrogens with zero attached hydrogens (tertiary/aromatic N) is 3. The van der Waals surface area contributed by atoms with Gasteiger partial charge in [-0.25, -0.2) is 9.37 Å². The molecule has 1 aliphatic rings. The largest absolute Gasteiger partial charge is 0.490 e.